The van der Waals surface area contributed by atoms with Gasteiger partial charge < -0.3 is 10.1 Å². The third kappa shape index (κ3) is 1.46. The van der Waals surface area contributed by atoms with Gasteiger partial charge in [-0.3, -0.25) is 4.98 Å². The highest BCUT2D eigenvalue weighted by atomic mass is 16.5. The number of hydrogen-bond acceptors (Lipinski definition) is 4. The maximum absolute atomic E-state index is 11.2. The molecule has 0 bridgehead atoms. The number of aromatic nitrogens is 1. The second kappa shape index (κ2) is 3.49. The smallest absolute Gasteiger partial charge is 0.354 e. The van der Waals surface area contributed by atoms with Crippen LogP contribution in [0, 0.1) is 0 Å². The van der Waals surface area contributed by atoms with Crippen LogP contribution >= 0.6 is 0 Å². The third-order valence-electron chi connectivity index (χ3n) is 2.12. The largest absolute Gasteiger partial charge is 0.464 e. The SMILES string of the molecule is COC(=O)C1=Cc2ccncc2CN1. The first-order chi connectivity index (χ1) is 6.81. The van der Waals surface area contributed by atoms with Crippen molar-refractivity contribution in [2.24, 2.45) is 0 Å². The average molecular weight is 190 g/mol. The van der Waals surface area contributed by atoms with E-state index in [-0.39, 0.29) is 5.97 Å². The molecule has 1 aliphatic heterocycles. The van der Waals surface area contributed by atoms with Crippen LogP contribution in [0.4, 0.5) is 0 Å². The van der Waals surface area contributed by atoms with Crippen molar-refractivity contribution in [1.82, 2.24) is 10.3 Å². The van der Waals surface area contributed by atoms with Crippen LogP contribution in [0.15, 0.2) is 24.2 Å². The van der Waals surface area contributed by atoms with E-state index in [1.54, 1.807) is 18.5 Å². The molecule has 14 heavy (non-hydrogen) atoms. The Labute approximate surface area is 81.6 Å². The minimum atomic E-state index is -0.340. The Morgan fingerprint density at radius 3 is 3.29 bits per heavy atom. The van der Waals surface area contributed by atoms with Gasteiger partial charge in [-0.05, 0) is 23.3 Å². The molecule has 0 saturated heterocycles. The lowest BCUT2D eigenvalue weighted by Crippen LogP contribution is -2.24. The third-order valence-corrected chi connectivity index (χ3v) is 2.12. The van der Waals surface area contributed by atoms with Crippen LogP contribution in [-0.2, 0) is 16.1 Å². The summed E-state index contributed by atoms with van der Waals surface area (Å²) in [4.78, 5) is 15.2. The molecule has 2 rings (SSSR count). The van der Waals surface area contributed by atoms with Gasteiger partial charge in [0.25, 0.3) is 0 Å². The number of hydrogen-bond donors (Lipinski definition) is 1. The normalized spacial score (nSPS) is 13.6. The van der Waals surface area contributed by atoms with Crippen LogP contribution in [-0.4, -0.2) is 18.1 Å². The molecule has 0 atom stereocenters. The van der Waals surface area contributed by atoms with Gasteiger partial charge in [0.15, 0.2) is 0 Å². The van der Waals surface area contributed by atoms with E-state index >= 15 is 0 Å². The van der Waals surface area contributed by atoms with Crippen LogP contribution in [0.5, 0.6) is 0 Å². The highest BCUT2D eigenvalue weighted by Gasteiger charge is 2.15. The van der Waals surface area contributed by atoms with Gasteiger partial charge in [-0.15, -0.1) is 0 Å². The van der Waals surface area contributed by atoms with Crippen LogP contribution in [0.25, 0.3) is 6.08 Å². The summed E-state index contributed by atoms with van der Waals surface area (Å²) in [7, 11) is 1.37. The zero-order valence-corrected chi connectivity index (χ0v) is 7.78. The lowest BCUT2D eigenvalue weighted by atomic mass is 10.1. The second-order valence-electron chi connectivity index (χ2n) is 2.98. The number of carbonyl (C=O) groups excluding carboxylic acids is 1. The Kier molecular flexibility index (Phi) is 2.18. The number of pyridine rings is 1. The summed E-state index contributed by atoms with van der Waals surface area (Å²) in [5, 5.41) is 2.97. The molecule has 4 nitrogen and oxygen atoms in total. The molecule has 2 heterocycles. The summed E-state index contributed by atoms with van der Waals surface area (Å²) in [5.41, 5.74) is 2.59. The van der Waals surface area contributed by atoms with E-state index in [1.807, 2.05) is 6.07 Å². The molecule has 1 aromatic heterocycles. The molecule has 0 unspecified atom stereocenters. The lowest BCUT2D eigenvalue weighted by molar-refractivity contribution is -0.136. The predicted octanol–water partition coefficient (Wildman–Crippen LogP) is 0.699. The van der Waals surface area contributed by atoms with Gasteiger partial charge in [-0.2, -0.15) is 0 Å². The van der Waals surface area contributed by atoms with E-state index in [9.17, 15) is 4.79 Å². The first-order valence-electron chi connectivity index (χ1n) is 4.28. The zero-order chi connectivity index (χ0) is 9.97. The molecule has 0 fully saturated rings. The number of carbonyl (C=O) groups is 1. The summed E-state index contributed by atoms with van der Waals surface area (Å²) in [6.45, 7) is 0.615. The predicted molar refractivity (Wildman–Crippen MR) is 51.1 cm³/mol. The molecular weight excluding hydrogens is 180 g/mol. The Morgan fingerprint density at radius 1 is 1.64 bits per heavy atom. The Balaban J connectivity index is 2.36. The fourth-order valence-electron chi connectivity index (χ4n) is 1.36. The number of ether oxygens (including phenoxy) is 1. The Morgan fingerprint density at radius 2 is 2.50 bits per heavy atom. The highest BCUT2D eigenvalue weighted by Crippen LogP contribution is 2.16. The molecule has 0 saturated carbocycles. The quantitative estimate of drug-likeness (QED) is 0.662. The topological polar surface area (TPSA) is 51.2 Å². The first-order valence-corrected chi connectivity index (χ1v) is 4.28. The molecule has 1 aromatic rings. The molecular formula is C10H10N2O2. The minimum absolute atomic E-state index is 0.340. The van der Waals surface area contributed by atoms with Gasteiger partial charge in [0.05, 0.1) is 7.11 Å². The Hall–Kier alpha value is -1.84. The molecule has 0 aromatic carbocycles. The van der Waals surface area contributed by atoms with Gasteiger partial charge in [0.2, 0.25) is 0 Å². The minimum Gasteiger partial charge on any atom is -0.464 e. The molecule has 72 valence electrons. The zero-order valence-electron chi connectivity index (χ0n) is 7.78. The molecule has 1 N–H and O–H groups in total. The van der Waals surface area contributed by atoms with E-state index in [2.05, 4.69) is 15.0 Å². The number of fused-ring (bicyclic) bond motifs is 1. The van der Waals surface area contributed by atoms with Crippen molar-refractivity contribution < 1.29 is 9.53 Å². The molecule has 1 aliphatic rings. The average Bonchev–Trinajstić information content (AvgIpc) is 2.27. The first kappa shape index (κ1) is 8.74. The van der Waals surface area contributed by atoms with Crippen molar-refractivity contribution in [3.8, 4) is 0 Å². The summed E-state index contributed by atoms with van der Waals surface area (Å²) < 4.78 is 4.62. The maximum atomic E-state index is 11.2. The maximum Gasteiger partial charge on any atom is 0.354 e. The van der Waals surface area contributed by atoms with Crippen LogP contribution < -0.4 is 5.32 Å². The van der Waals surface area contributed by atoms with E-state index in [0.29, 0.717) is 12.2 Å². The van der Waals surface area contributed by atoms with Crippen molar-refractivity contribution in [1.29, 1.82) is 0 Å². The van der Waals surface area contributed by atoms with Crippen LogP contribution in [0.1, 0.15) is 11.1 Å². The van der Waals surface area contributed by atoms with Crippen molar-refractivity contribution in [3.05, 3.63) is 35.3 Å². The lowest BCUT2D eigenvalue weighted by Gasteiger charge is -2.16. The van der Waals surface area contributed by atoms with Crippen LogP contribution in [0.3, 0.4) is 0 Å². The standard InChI is InChI=1S/C10H10N2O2/c1-14-10(13)9-4-7-2-3-11-5-8(7)6-12-9/h2-5,12H,6H2,1H3. The van der Waals surface area contributed by atoms with Gasteiger partial charge in [0.1, 0.15) is 5.70 Å². The molecule has 0 aliphatic carbocycles. The van der Waals surface area contributed by atoms with Gasteiger partial charge in [0, 0.05) is 18.9 Å². The number of nitrogens with one attached hydrogen (secondary N) is 1. The number of esters is 1. The highest BCUT2D eigenvalue weighted by molar-refractivity contribution is 5.93. The fourth-order valence-corrected chi connectivity index (χ4v) is 1.36. The van der Waals surface area contributed by atoms with Crippen molar-refractivity contribution in [2.75, 3.05) is 7.11 Å². The monoisotopic (exact) mass is 190 g/mol. The second-order valence-corrected chi connectivity index (χ2v) is 2.98. The summed E-state index contributed by atoms with van der Waals surface area (Å²) in [6, 6.07) is 1.87. The van der Waals surface area contributed by atoms with Crippen molar-refractivity contribution in [2.45, 2.75) is 6.54 Å². The van der Waals surface area contributed by atoms with E-state index < -0.39 is 0 Å². The van der Waals surface area contributed by atoms with Crippen LogP contribution in [0.2, 0.25) is 0 Å². The van der Waals surface area contributed by atoms with E-state index in [4.69, 9.17) is 0 Å². The van der Waals surface area contributed by atoms with Crippen molar-refractivity contribution >= 4 is 12.0 Å². The summed E-state index contributed by atoms with van der Waals surface area (Å²) in [5.74, 6) is -0.340. The molecule has 0 radical (unpaired) electrons. The van der Waals surface area contributed by atoms with Gasteiger partial charge in [-0.25, -0.2) is 4.79 Å². The van der Waals surface area contributed by atoms with E-state index in [0.717, 1.165) is 11.1 Å². The molecule has 0 spiro atoms. The number of methoxy groups -OCH3 is 1. The molecule has 4 heteroatoms. The number of rotatable bonds is 1. The summed E-state index contributed by atoms with van der Waals surface area (Å²) in [6.07, 6.45) is 5.26. The van der Waals surface area contributed by atoms with Crippen molar-refractivity contribution in [3.63, 3.8) is 0 Å². The summed E-state index contributed by atoms with van der Waals surface area (Å²) >= 11 is 0. The van der Waals surface area contributed by atoms with E-state index in [1.165, 1.54) is 7.11 Å². The molecule has 0 amide bonds. The van der Waals surface area contributed by atoms with Gasteiger partial charge in [-0.1, -0.05) is 0 Å². The van der Waals surface area contributed by atoms with Gasteiger partial charge >= 0.3 is 5.97 Å². The Bertz CT molecular complexity index is 399. The number of nitrogens with zero attached hydrogens (tertiary/aromatic N) is 1. The fraction of sp³-hybridized carbons (Fsp3) is 0.200.